The van der Waals surface area contributed by atoms with Crippen molar-refractivity contribution >= 4 is 29.1 Å². The molecule has 13 nitrogen and oxygen atoms in total. The Kier molecular flexibility index (Phi) is 8.88. The predicted octanol–water partition coefficient (Wildman–Crippen LogP) is 4.61. The molecule has 0 spiro atoms. The monoisotopic (exact) mass is 615 g/mol. The predicted molar refractivity (Wildman–Crippen MR) is 164 cm³/mol. The minimum absolute atomic E-state index is 0.00475. The zero-order chi connectivity index (χ0) is 32.2. The number of carbonyl (C=O) groups excluding carboxylic acids is 3. The highest BCUT2D eigenvalue weighted by Gasteiger charge is 2.31. The van der Waals surface area contributed by atoms with E-state index in [1.807, 2.05) is 39.0 Å². The van der Waals surface area contributed by atoms with Gasteiger partial charge in [-0.2, -0.15) is 4.98 Å². The van der Waals surface area contributed by atoms with Crippen LogP contribution in [0, 0.1) is 13.8 Å². The van der Waals surface area contributed by atoms with Crippen LogP contribution in [0.2, 0.25) is 0 Å². The molecule has 3 aromatic carbocycles. The molecule has 234 valence electrons. The Morgan fingerprint density at radius 2 is 1.62 bits per heavy atom. The van der Waals surface area contributed by atoms with Crippen molar-refractivity contribution in [2.45, 2.75) is 39.7 Å². The van der Waals surface area contributed by atoms with Crippen molar-refractivity contribution in [3.8, 4) is 28.7 Å². The van der Waals surface area contributed by atoms with Crippen LogP contribution in [-0.4, -0.2) is 55.2 Å². The van der Waals surface area contributed by atoms with Gasteiger partial charge < -0.3 is 39.4 Å². The molecule has 3 N–H and O–H groups in total. The number of ether oxygens (including phenoxy) is 4. The lowest BCUT2D eigenvalue weighted by Gasteiger charge is -2.17. The molecule has 0 unspecified atom stereocenters. The second-order valence-corrected chi connectivity index (χ2v) is 10.4. The van der Waals surface area contributed by atoms with Crippen LogP contribution in [-0.2, 0) is 17.6 Å². The molecular formula is C32H33N5O8. The van der Waals surface area contributed by atoms with Crippen LogP contribution in [0.25, 0.3) is 0 Å². The van der Waals surface area contributed by atoms with Crippen LogP contribution in [0.5, 0.6) is 28.7 Å². The summed E-state index contributed by atoms with van der Waals surface area (Å²) in [6.45, 7) is 5.74. The number of aryl methyl sites for hydroxylation is 3. The van der Waals surface area contributed by atoms with E-state index in [0.29, 0.717) is 23.7 Å². The Morgan fingerprint density at radius 1 is 0.933 bits per heavy atom. The number of anilines is 2. The maximum atomic E-state index is 13.6. The topological polar surface area (TPSA) is 163 Å². The summed E-state index contributed by atoms with van der Waals surface area (Å²) in [4.78, 5) is 44.5. The maximum absolute atomic E-state index is 13.6. The van der Waals surface area contributed by atoms with Crippen LogP contribution >= 0.6 is 0 Å². The van der Waals surface area contributed by atoms with E-state index >= 15 is 0 Å². The second kappa shape index (κ2) is 13.0. The van der Waals surface area contributed by atoms with Gasteiger partial charge in [-0.3, -0.25) is 14.4 Å². The van der Waals surface area contributed by atoms with Gasteiger partial charge in [0.15, 0.2) is 23.1 Å². The SMILES string of the molecule is CCc1noc(C[C@@H]2NC(=O)c3cc(Oc4cc(C)cc(C)c4)c(NC(=O)c4cc(OC)c(OC)c(OC)c4)cc3NC2=O)n1. The van der Waals surface area contributed by atoms with Gasteiger partial charge >= 0.3 is 0 Å². The summed E-state index contributed by atoms with van der Waals surface area (Å²) < 4.78 is 27.6. The molecule has 13 heteroatoms. The zero-order valence-corrected chi connectivity index (χ0v) is 25.7. The van der Waals surface area contributed by atoms with Gasteiger partial charge in [0.2, 0.25) is 17.5 Å². The van der Waals surface area contributed by atoms with Gasteiger partial charge in [0, 0.05) is 12.0 Å². The quantitative estimate of drug-likeness (QED) is 0.230. The Labute approximate surface area is 259 Å². The molecule has 5 rings (SSSR count). The molecule has 1 aliphatic heterocycles. The van der Waals surface area contributed by atoms with Crippen LogP contribution < -0.4 is 34.9 Å². The third-order valence-electron chi connectivity index (χ3n) is 7.05. The van der Waals surface area contributed by atoms with Gasteiger partial charge in [0.25, 0.3) is 11.8 Å². The average molecular weight is 616 g/mol. The van der Waals surface area contributed by atoms with Crippen LogP contribution in [0.4, 0.5) is 11.4 Å². The van der Waals surface area contributed by atoms with E-state index < -0.39 is 23.8 Å². The number of hydrogen-bond acceptors (Lipinski definition) is 10. The molecule has 1 aromatic heterocycles. The summed E-state index contributed by atoms with van der Waals surface area (Å²) in [5, 5.41) is 12.2. The van der Waals surface area contributed by atoms with Crippen molar-refractivity contribution in [3.63, 3.8) is 0 Å². The van der Waals surface area contributed by atoms with Crippen molar-refractivity contribution in [1.82, 2.24) is 15.5 Å². The molecule has 45 heavy (non-hydrogen) atoms. The van der Waals surface area contributed by atoms with Crippen molar-refractivity contribution in [3.05, 3.63) is 76.4 Å². The molecule has 0 aliphatic carbocycles. The van der Waals surface area contributed by atoms with Crippen molar-refractivity contribution < 1.29 is 37.9 Å². The number of fused-ring (bicyclic) bond motifs is 1. The van der Waals surface area contributed by atoms with E-state index in [9.17, 15) is 14.4 Å². The molecular weight excluding hydrogens is 582 g/mol. The molecule has 2 heterocycles. The van der Waals surface area contributed by atoms with Crippen LogP contribution in [0.1, 0.15) is 50.5 Å². The van der Waals surface area contributed by atoms with Gasteiger partial charge in [0.05, 0.1) is 44.7 Å². The molecule has 0 saturated carbocycles. The third-order valence-corrected chi connectivity index (χ3v) is 7.05. The Morgan fingerprint density at radius 3 is 2.22 bits per heavy atom. The number of nitrogens with zero attached hydrogens (tertiary/aromatic N) is 2. The van der Waals surface area contributed by atoms with Crippen LogP contribution in [0.3, 0.4) is 0 Å². The normalized spacial score (nSPS) is 14.0. The Bertz CT molecular complexity index is 1740. The number of rotatable bonds is 10. The first-order valence-electron chi connectivity index (χ1n) is 14.1. The van der Waals surface area contributed by atoms with E-state index in [4.69, 9.17) is 23.5 Å². The number of methoxy groups -OCH3 is 3. The van der Waals surface area contributed by atoms with Crippen molar-refractivity contribution in [2.75, 3.05) is 32.0 Å². The van der Waals surface area contributed by atoms with Gasteiger partial charge in [-0.15, -0.1) is 0 Å². The first-order valence-corrected chi connectivity index (χ1v) is 14.1. The van der Waals surface area contributed by atoms with Crippen molar-refractivity contribution in [1.29, 1.82) is 0 Å². The summed E-state index contributed by atoms with van der Waals surface area (Å²) in [7, 11) is 4.36. The number of carbonyl (C=O) groups is 3. The second-order valence-electron chi connectivity index (χ2n) is 10.4. The Hall–Kier alpha value is -5.59. The van der Waals surface area contributed by atoms with Gasteiger partial charge in [-0.25, -0.2) is 0 Å². The lowest BCUT2D eigenvalue weighted by molar-refractivity contribution is -0.118. The fraction of sp³-hybridized carbons (Fsp3) is 0.281. The number of nitrogens with one attached hydrogen (secondary N) is 3. The molecule has 0 bridgehead atoms. The Balaban J connectivity index is 1.53. The van der Waals surface area contributed by atoms with E-state index in [-0.39, 0.29) is 52.1 Å². The van der Waals surface area contributed by atoms with E-state index in [1.165, 1.54) is 45.6 Å². The van der Waals surface area contributed by atoms with Crippen molar-refractivity contribution in [2.24, 2.45) is 0 Å². The molecule has 3 amide bonds. The minimum atomic E-state index is -0.990. The fourth-order valence-corrected chi connectivity index (χ4v) is 4.94. The highest BCUT2D eigenvalue weighted by molar-refractivity contribution is 6.12. The third kappa shape index (κ3) is 6.66. The van der Waals surface area contributed by atoms with Gasteiger partial charge in [0.1, 0.15) is 11.8 Å². The summed E-state index contributed by atoms with van der Waals surface area (Å²) in [6.07, 6.45) is 0.557. The summed E-state index contributed by atoms with van der Waals surface area (Å²) in [6, 6.07) is 10.6. The zero-order valence-electron chi connectivity index (χ0n) is 25.7. The number of hydrogen-bond donors (Lipinski definition) is 3. The van der Waals surface area contributed by atoms with E-state index in [0.717, 1.165) is 11.1 Å². The lowest BCUT2D eigenvalue weighted by atomic mass is 10.1. The molecule has 0 saturated heterocycles. The smallest absolute Gasteiger partial charge is 0.256 e. The first-order chi connectivity index (χ1) is 21.6. The summed E-state index contributed by atoms with van der Waals surface area (Å²) in [5.74, 6) is 0.724. The number of amides is 3. The summed E-state index contributed by atoms with van der Waals surface area (Å²) >= 11 is 0. The first kappa shape index (κ1) is 30.9. The molecule has 4 aromatic rings. The maximum Gasteiger partial charge on any atom is 0.256 e. The largest absolute Gasteiger partial charge is 0.493 e. The van der Waals surface area contributed by atoms with E-state index in [2.05, 4.69) is 26.1 Å². The highest BCUT2D eigenvalue weighted by Crippen LogP contribution is 2.40. The lowest BCUT2D eigenvalue weighted by Crippen LogP contribution is -2.42. The molecule has 1 aliphatic rings. The molecule has 0 fully saturated rings. The number of benzene rings is 3. The number of aromatic nitrogens is 2. The summed E-state index contributed by atoms with van der Waals surface area (Å²) in [5.41, 5.74) is 2.63. The fourth-order valence-electron chi connectivity index (χ4n) is 4.94. The molecule has 1 atom stereocenters. The van der Waals surface area contributed by atoms with Crippen LogP contribution in [0.15, 0.2) is 47.0 Å². The standard InChI is InChI=1S/C32H33N5O8/c1-7-27-36-28(45-37-27)15-23-32(40)33-21-14-22(34-30(38)18-11-25(41-4)29(43-6)26(12-18)42-5)24(13-20(21)31(39)35-23)44-19-9-16(2)8-17(3)10-19/h8-14,23H,7,15H2,1-6H3,(H,33,40)(H,34,38)(H,35,39)/t23-/m0/s1. The minimum Gasteiger partial charge on any atom is -0.493 e. The highest BCUT2D eigenvalue weighted by atomic mass is 16.5. The molecule has 0 radical (unpaired) electrons. The van der Waals surface area contributed by atoms with E-state index in [1.54, 1.807) is 0 Å². The average Bonchev–Trinajstić information content (AvgIpc) is 3.43. The van der Waals surface area contributed by atoms with Gasteiger partial charge in [-0.05, 0) is 61.4 Å². The van der Waals surface area contributed by atoms with Gasteiger partial charge in [-0.1, -0.05) is 18.1 Å².